The molecule has 0 aliphatic carbocycles. The fourth-order valence-electron chi connectivity index (χ4n) is 3.53. The predicted octanol–water partition coefficient (Wildman–Crippen LogP) is 2.16. The molecule has 0 saturated carbocycles. The molecule has 0 aromatic carbocycles. The first kappa shape index (κ1) is 22.2. The molecule has 158 valence electrons. The number of nitrogens with one attached hydrogen (secondary N) is 1. The second-order valence-electron chi connectivity index (χ2n) is 7.34. The molecule has 2 aliphatic heterocycles. The van der Waals surface area contributed by atoms with Gasteiger partial charge in [-0.25, -0.2) is 4.79 Å². The van der Waals surface area contributed by atoms with Crippen LogP contribution in [0.3, 0.4) is 0 Å². The number of piperazine rings is 1. The van der Waals surface area contributed by atoms with Gasteiger partial charge >= 0.3 is 12.2 Å². The Labute approximate surface area is 160 Å². The number of nitrogens with zero attached hydrogens (tertiary/aromatic N) is 3. The van der Waals surface area contributed by atoms with Gasteiger partial charge in [0.05, 0.1) is 0 Å². The van der Waals surface area contributed by atoms with Crippen molar-refractivity contribution in [2.75, 3.05) is 72.1 Å². The third-order valence-electron chi connectivity index (χ3n) is 5.06. The molecule has 2 amide bonds. The van der Waals surface area contributed by atoms with Crippen LogP contribution < -0.4 is 5.32 Å². The number of carbonyl (C=O) groups is 1. The second-order valence-corrected chi connectivity index (χ2v) is 7.34. The molecule has 6 nitrogen and oxygen atoms in total. The monoisotopic (exact) mass is 394 g/mol. The molecule has 0 spiro atoms. The number of halogens is 3. The molecule has 0 bridgehead atoms. The van der Waals surface area contributed by atoms with Gasteiger partial charge in [0, 0.05) is 45.9 Å². The van der Waals surface area contributed by atoms with E-state index in [-0.39, 0.29) is 12.6 Å². The highest BCUT2D eigenvalue weighted by atomic mass is 19.4. The summed E-state index contributed by atoms with van der Waals surface area (Å²) >= 11 is 0. The van der Waals surface area contributed by atoms with Crippen LogP contribution in [-0.2, 0) is 4.74 Å². The number of hydrogen-bond donors (Lipinski definition) is 1. The molecule has 0 radical (unpaired) electrons. The Bertz CT molecular complexity index is 423. The second kappa shape index (κ2) is 11.7. The van der Waals surface area contributed by atoms with Gasteiger partial charge in [0.1, 0.15) is 6.61 Å². The van der Waals surface area contributed by atoms with E-state index in [1.807, 2.05) is 4.90 Å². The van der Waals surface area contributed by atoms with E-state index in [0.29, 0.717) is 32.6 Å². The summed E-state index contributed by atoms with van der Waals surface area (Å²) < 4.78 is 40.5. The van der Waals surface area contributed by atoms with E-state index in [1.165, 1.54) is 25.9 Å². The van der Waals surface area contributed by atoms with E-state index in [9.17, 15) is 18.0 Å². The maximum absolute atomic E-state index is 12.2. The Balaban J connectivity index is 1.45. The summed E-state index contributed by atoms with van der Waals surface area (Å²) in [5.41, 5.74) is 0. The molecule has 1 N–H and O–H groups in total. The standard InChI is InChI=1S/C18H33F3N4O2/c19-18(20,21)16-27-15-5-10-24-11-13-25(14-12-24)17(26)22-6-1-2-7-23-8-3-4-9-23/h1-16H2,(H,22,26). The van der Waals surface area contributed by atoms with Crippen LogP contribution >= 0.6 is 0 Å². The average molecular weight is 394 g/mol. The van der Waals surface area contributed by atoms with Crippen LogP contribution in [0.25, 0.3) is 0 Å². The number of unbranched alkanes of at least 4 members (excludes halogenated alkanes) is 1. The van der Waals surface area contributed by atoms with Crippen molar-refractivity contribution < 1.29 is 22.7 Å². The Kier molecular flexibility index (Phi) is 9.64. The van der Waals surface area contributed by atoms with Crippen LogP contribution in [0.15, 0.2) is 0 Å². The topological polar surface area (TPSA) is 48.1 Å². The van der Waals surface area contributed by atoms with Crippen molar-refractivity contribution >= 4 is 6.03 Å². The zero-order valence-electron chi connectivity index (χ0n) is 16.1. The van der Waals surface area contributed by atoms with Crippen LogP contribution in [0.5, 0.6) is 0 Å². The molecule has 9 heteroatoms. The van der Waals surface area contributed by atoms with Crippen LogP contribution in [0.2, 0.25) is 0 Å². The number of likely N-dealkylation sites (tertiary alicyclic amines) is 1. The lowest BCUT2D eigenvalue weighted by Gasteiger charge is -2.34. The minimum Gasteiger partial charge on any atom is -0.372 e. The molecular formula is C18H33F3N4O2. The summed E-state index contributed by atoms with van der Waals surface area (Å²) in [6, 6.07) is -0.00988. The molecule has 27 heavy (non-hydrogen) atoms. The molecule has 2 aliphatic rings. The van der Waals surface area contributed by atoms with Gasteiger partial charge in [-0.05, 0) is 51.7 Å². The summed E-state index contributed by atoms with van der Waals surface area (Å²) in [6.07, 6.45) is 1.05. The predicted molar refractivity (Wildman–Crippen MR) is 97.8 cm³/mol. The number of urea groups is 1. The maximum atomic E-state index is 12.2. The smallest absolute Gasteiger partial charge is 0.372 e. The van der Waals surface area contributed by atoms with Crippen LogP contribution in [0.4, 0.5) is 18.0 Å². The fraction of sp³-hybridized carbons (Fsp3) is 0.944. The molecule has 2 heterocycles. The van der Waals surface area contributed by atoms with Crippen molar-refractivity contribution in [3.05, 3.63) is 0 Å². The molecule has 0 atom stereocenters. The summed E-state index contributed by atoms with van der Waals surface area (Å²) in [7, 11) is 0. The van der Waals surface area contributed by atoms with Crippen LogP contribution in [0.1, 0.15) is 32.1 Å². The molecule has 0 aromatic rings. The highest BCUT2D eigenvalue weighted by Crippen LogP contribution is 2.14. The van der Waals surface area contributed by atoms with Crippen molar-refractivity contribution in [2.45, 2.75) is 38.3 Å². The number of ether oxygens (including phenoxy) is 1. The van der Waals surface area contributed by atoms with Crippen molar-refractivity contribution in [1.82, 2.24) is 20.0 Å². The van der Waals surface area contributed by atoms with E-state index < -0.39 is 12.8 Å². The zero-order chi connectivity index (χ0) is 19.5. The van der Waals surface area contributed by atoms with Gasteiger partial charge < -0.3 is 19.9 Å². The van der Waals surface area contributed by atoms with E-state index in [4.69, 9.17) is 0 Å². The van der Waals surface area contributed by atoms with Crippen molar-refractivity contribution in [1.29, 1.82) is 0 Å². The van der Waals surface area contributed by atoms with Gasteiger partial charge in [-0.3, -0.25) is 4.90 Å². The highest BCUT2D eigenvalue weighted by molar-refractivity contribution is 5.74. The van der Waals surface area contributed by atoms with Crippen molar-refractivity contribution in [3.63, 3.8) is 0 Å². The van der Waals surface area contributed by atoms with Crippen LogP contribution in [0, 0.1) is 0 Å². The van der Waals surface area contributed by atoms with Crippen molar-refractivity contribution in [2.24, 2.45) is 0 Å². The van der Waals surface area contributed by atoms with Gasteiger partial charge in [0.2, 0.25) is 0 Å². The Morgan fingerprint density at radius 3 is 2.19 bits per heavy atom. The van der Waals surface area contributed by atoms with Gasteiger partial charge in [-0.2, -0.15) is 13.2 Å². The quantitative estimate of drug-likeness (QED) is 0.577. The van der Waals surface area contributed by atoms with Gasteiger partial charge in [0.25, 0.3) is 0 Å². The molecular weight excluding hydrogens is 361 g/mol. The Morgan fingerprint density at radius 2 is 1.52 bits per heavy atom. The largest absolute Gasteiger partial charge is 0.411 e. The number of carbonyl (C=O) groups excluding carboxylic acids is 1. The Morgan fingerprint density at radius 1 is 0.889 bits per heavy atom. The highest BCUT2D eigenvalue weighted by Gasteiger charge is 2.27. The third-order valence-corrected chi connectivity index (χ3v) is 5.06. The number of rotatable bonds is 10. The molecule has 0 unspecified atom stereocenters. The molecule has 2 saturated heterocycles. The molecule has 0 aromatic heterocycles. The minimum atomic E-state index is -4.26. The first-order valence-electron chi connectivity index (χ1n) is 10.1. The summed E-state index contributed by atoms with van der Waals surface area (Å²) in [4.78, 5) is 18.6. The van der Waals surface area contributed by atoms with Gasteiger partial charge in [0.15, 0.2) is 0 Å². The summed E-state index contributed by atoms with van der Waals surface area (Å²) in [5.74, 6) is 0. The molecule has 2 rings (SSSR count). The fourth-order valence-corrected chi connectivity index (χ4v) is 3.53. The summed E-state index contributed by atoms with van der Waals surface area (Å²) in [5, 5.41) is 2.99. The van der Waals surface area contributed by atoms with E-state index >= 15 is 0 Å². The first-order chi connectivity index (χ1) is 12.9. The Hall–Kier alpha value is -1.06. The van der Waals surface area contributed by atoms with Gasteiger partial charge in [-0.1, -0.05) is 0 Å². The van der Waals surface area contributed by atoms with Crippen molar-refractivity contribution in [3.8, 4) is 0 Å². The maximum Gasteiger partial charge on any atom is 0.411 e. The minimum absolute atomic E-state index is 0.00988. The van der Waals surface area contributed by atoms with Gasteiger partial charge in [-0.15, -0.1) is 0 Å². The van der Waals surface area contributed by atoms with Crippen LogP contribution in [-0.4, -0.2) is 99.0 Å². The third kappa shape index (κ3) is 9.62. The number of hydrogen-bond acceptors (Lipinski definition) is 4. The average Bonchev–Trinajstić information content (AvgIpc) is 3.14. The zero-order valence-corrected chi connectivity index (χ0v) is 16.1. The number of alkyl halides is 3. The summed E-state index contributed by atoms with van der Waals surface area (Å²) in [6.45, 7) is 6.70. The lowest BCUT2D eigenvalue weighted by atomic mass is 10.3. The lowest BCUT2D eigenvalue weighted by Crippen LogP contribution is -2.52. The van der Waals surface area contributed by atoms with E-state index in [0.717, 1.165) is 32.5 Å². The number of amides is 2. The normalized spacial score (nSPS) is 19.6. The molecule has 2 fully saturated rings. The van der Waals surface area contributed by atoms with E-state index in [1.54, 1.807) is 0 Å². The SMILES string of the molecule is O=C(NCCCCN1CCCC1)N1CCN(CCCOCC(F)(F)F)CC1. The lowest BCUT2D eigenvalue weighted by molar-refractivity contribution is -0.174. The first-order valence-corrected chi connectivity index (χ1v) is 10.1. The van der Waals surface area contributed by atoms with E-state index in [2.05, 4.69) is 19.9 Å².